The molecule has 26 heavy (non-hydrogen) atoms. The molecule has 1 heterocycles. The van der Waals surface area contributed by atoms with Crippen molar-refractivity contribution in [1.82, 2.24) is 4.98 Å². The van der Waals surface area contributed by atoms with Crippen LogP contribution in [-0.2, 0) is 11.2 Å². The topological polar surface area (TPSA) is 71.2 Å². The van der Waals surface area contributed by atoms with Crippen molar-refractivity contribution in [2.75, 3.05) is 11.9 Å². The van der Waals surface area contributed by atoms with Gasteiger partial charge < -0.3 is 15.0 Å². The van der Waals surface area contributed by atoms with E-state index in [0.29, 0.717) is 29.8 Å². The number of aromatic amines is 1. The SMILES string of the molecule is CCOc1ccc(NC(=O)CCc2cc3ccc(F)cc3[nH]c2=O)cc1. The molecule has 0 aliphatic heterocycles. The summed E-state index contributed by atoms with van der Waals surface area (Å²) in [6.07, 6.45) is 0.467. The standard InChI is InChI=1S/C20H19FN2O3/c1-2-26-17-8-6-16(7-9-17)22-19(24)10-4-14-11-13-3-5-15(21)12-18(13)23-20(14)25/h3,5-9,11-12H,2,4,10H2,1H3,(H,22,24)(H,23,25). The number of hydrogen-bond donors (Lipinski definition) is 2. The molecule has 0 unspecified atom stereocenters. The summed E-state index contributed by atoms with van der Waals surface area (Å²) in [7, 11) is 0. The Kier molecular flexibility index (Phi) is 5.31. The monoisotopic (exact) mass is 354 g/mol. The molecular formula is C20H19FN2O3. The molecule has 0 saturated carbocycles. The molecule has 2 aromatic carbocycles. The Morgan fingerprint density at radius 3 is 2.65 bits per heavy atom. The third-order valence-electron chi connectivity index (χ3n) is 3.96. The fourth-order valence-electron chi connectivity index (χ4n) is 2.68. The first-order chi connectivity index (χ1) is 12.5. The molecule has 0 aliphatic carbocycles. The van der Waals surface area contributed by atoms with Gasteiger partial charge in [0.25, 0.3) is 5.56 Å². The van der Waals surface area contributed by atoms with E-state index in [2.05, 4.69) is 10.3 Å². The van der Waals surface area contributed by atoms with Crippen molar-refractivity contribution in [1.29, 1.82) is 0 Å². The lowest BCUT2D eigenvalue weighted by Gasteiger charge is -2.07. The zero-order chi connectivity index (χ0) is 18.5. The Morgan fingerprint density at radius 1 is 1.15 bits per heavy atom. The van der Waals surface area contributed by atoms with Gasteiger partial charge in [-0.15, -0.1) is 0 Å². The Hall–Kier alpha value is -3.15. The molecule has 1 aromatic heterocycles. The van der Waals surface area contributed by atoms with E-state index < -0.39 is 5.82 Å². The first kappa shape index (κ1) is 17.7. The minimum atomic E-state index is -0.407. The molecule has 1 amide bonds. The molecule has 2 N–H and O–H groups in total. The average Bonchev–Trinajstić information content (AvgIpc) is 2.62. The Labute approximate surface area is 149 Å². The normalized spacial score (nSPS) is 10.7. The van der Waals surface area contributed by atoms with E-state index in [4.69, 9.17) is 4.74 Å². The number of H-pyrrole nitrogens is 1. The average molecular weight is 354 g/mol. The quantitative estimate of drug-likeness (QED) is 0.710. The second-order valence-electron chi connectivity index (χ2n) is 5.86. The van der Waals surface area contributed by atoms with Crippen LogP contribution < -0.4 is 15.6 Å². The molecule has 0 spiro atoms. The summed E-state index contributed by atoms with van der Waals surface area (Å²) >= 11 is 0. The number of aromatic nitrogens is 1. The van der Waals surface area contributed by atoms with Crippen molar-refractivity contribution in [3.63, 3.8) is 0 Å². The number of amides is 1. The van der Waals surface area contributed by atoms with Crippen LogP contribution in [0.4, 0.5) is 10.1 Å². The predicted molar refractivity (Wildman–Crippen MR) is 99.1 cm³/mol. The molecule has 0 saturated heterocycles. The predicted octanol–water partition coefficient (Wildman–Crippen LogP) is 3.64. The van der Waals surface area contributed by atoms with Gasteiger partial charge in [-0.3, -0.25) is 9.59 Å². The molecule has 0 atom stereocenters. The minimum absolute atomic E-state index is 0.170. The van der Waals surface area contributed by atoms with E-state index in [1.807, 2.05) is 6.92 Å². The summed E-state index contributed by atoms with van der Waals surface area (Å²) in [5.74, 6) is 0.146. The van der Waals surface area contributed by atoms with Gasteiger partial charge in [-0.25, -0.2) is 4.39 Å². The van der Waals surface area contributed by atoms with Gasteiger partial charge in [0.1, 0.15) is 11.6 Å². The number of ether oxygens (including phenoxy) is 1. The van der Waals surface area contributed by atoms with Crippen LogP contribution in [-0.4, -0.2) is 17.5 Å². The van der Waals surface area contributed by atoms with Crippen molar-refractivity contribution in [2.45, 2.75) is 19.8 Å². The first-order valence-corrected chi connectivity index (χ1v) is 8.39. The molecule has 6 heteroatoms. The summed E-state index contributed by atoms with van der Waals surface area (Å²) < 4.78 is 18.6. The lowest BCUT2D eigenvalue weighted by molar-refractivity contribution is -0.116. The van der Waals surface area contributed by atoms with Crippen LogP contribution >= 0.6 is 0 Å². The van der Waals surface area contributed by atoms with E-state index >= 15 is 0 Å². The van der Waals surface area contributed by atoms with Crippen molar-refractivity contribution in [3.8, 4) is 5.75 Å². The summed E-state index contributed by atoms with van der Waals surface area (Å²) in [4.78, 5) is 26.9. The summed E-state index contributed by atoms with van der Waals surface area (Å²) in [6.45, 7) is 2.49. The van der Waals surface area contributed by atoms with Gasteiger partial charge in [-0.1, -0.05) is 0 Å². The van der Waals surface area contributed by atoms with Crippen LogP contribution in [0, 0.1) is 5.82 Å². The van der Waals surface area contributed by atoms with Gasteiger partial charge in [-0.2, -0.15) is 0 Å². The van der Waals surface area contributed by atoms with E-state index in [0.717, 1.165) is 11.1 Å². The number of aryl methyl sites for hydroxylation is 1. The zero-order valence-electron chi connectivity index (χ0n) is 14.3. The van der Waals surface area contributed by atoms with Crippen LogP contribution in [0.3, 0.4) is 0 Å². The molecule has 3 aromatic rings. The van der Waals surface area contributed by atoms with Gasteiger partial charge in [0, 0.05) is 17.7 Å². The van der Waals surface area contributed by atoms with Crippen LogP contribution in [0.15, 0.2) is 53.3 Å². The van der Waals surface area contributed by atoms with E-state index in [-0.39, 0.29) is 17.9 Å². The number of benzene rings is 2. The summed E-state index contributed by atoms with van der Waals surface area (Å²) in [5.41, 5.74) is 1.29. The van der Waals surface area contributed by atoms with E-state index in [1.165, 1.54) is 12.1 Å². The van der Waals surface area contributed by atoms with Crippen LogP contribution in [0.5, 0.6) is 5.75 Å². The van der Waals surface area contributed by atoms with Gasteiger partial charge in [0.2, 0.25) is 5.91 Å². The van der Waals surface area contributed by atoms with Gasteiger partial charge in [0.05, 0.1) is 12.1 Å². The van der Waals surface area contributed by atoms with Crippen LogP contribution in [0.25, 0.3) is 10.9 Å². The van der Waals surface area contributed by atoms with Crippen molar-refractivity contribution < 1.29 is 13.9 Å². The number of carbonyl (C=O) groups excluding carboxylic acids is 1. The molecule has 134 valence electrons. The minimum Gasteiger partial charge on any atom is -0.494 e. The van der Waals surface area contributed by atoms with Crippen molar-refractivity contribution in [2.24, 2.45) is 0 Å². The highest BCUT2D eigenvalue weighted by atomic mass is 19.1. The van der Waals surface area contributed by atoms with E-state index in [9.17, 15) is 14.0 Å². The molecule has 0 aliphatic rings. The summed E-state index contributed by atoms with van der Waals surface area (Å²) in [6, 6.07) is 13.0. The number of rotatable bonds is 6. The smallest absolute Gasteiger partial charge is 0.251 e. The third-order valence-corrected chi connectivity index (χ3v) is 3.96. The highest BCUT2D eigenvalue weighted by Gasteiger charge is 2.08. The lowest BCUT2D eigenvalue weighted by Crippen LogP contribution is -2.17. The maximum Gasteiger partial charge on any atom is 0.251 e. The zero-order valence-corrected chi connectivity index (χ0v) is 14.3. The number of pyridine rings is 1. The fraction of sp³-hybridized carbons (Fsp3) is 0.200. The van der Waals surface area contributed by atoms with Gasteiger partial charge >= 0.3 is 0 Å². The maximum atomic E-state index is 13.2. The van der Waals surface area contributed by atoms with E-state index in [1.54, 1.807) is 36.4 Å². The van der Waals surface area contributed by atoms with Gasteiger partial charge in [0.15, 0.2) is 0 Å². The largest absolute Gasteiger partial charge is 0.494 e. The number of carbonyl (C=O) groups is 1. The number of hydrogen-bond acceptors (Lipinski definition) is 3. The van der Waals surface area contributed by atoms with Crippen molar-refractivity contribution in [3.05, 3.63) is 70.3 Å². The highest BCUT2D eigenvalue weighted by Crippen LogP contribution is 2.16. The Bertz CT molecular complexity index is 981. The number of fused-ring (bicyclic) bond motifs is 1. The first-order valence-electron chi connectivity index (χ1n) is 8.39. The van der Waals surface area contributed by atoms with Crippen LogP contribution in [0.2, 0.25) is 0 Å². The fourth-order valence-corrected chi connectivity index (χ4v) is 2.68. The van der Waals surface area contributed by atoms with Crippen molar-refractivity contribution >= 4 is 22.5 Å². The molecular weight excluding hydrogens is 335 g/mol. The number of anilines is 1. The molecule has 0 fully saturated rings. The number of nitrogens with one attached hydrogen (secondary N) is 2. The Balaban J connectivity index is 1.63. The second kappa shape index (κ2) is 7.82. The molecule has 0 bridgehead atoms. The molecule has 3 rings (SSSR count). The Morgan fingerprint density at radius 2 is 1.92 bits per heavy atom. The molecule has 0 radical (unpaired) electrons. The van der Waals surface area contributed by atoms with Gasteiger partial charge in [-0.05, 0) is 67.3 Å². The third kappa shape index (κ3) is 4.27. The lowest BCUT2D eigenvalue weighted by atomic mass is 10.1. The second-order valence-corrected chi connectivity index (χ2v) is 5.86. The van der Waals surface area contributed by atoms with Crippen LogP contribution in [0.1, 0.15) is 18.9 Å². The summed E-state index contributed by atoms with van der Waals surface area (Å²) in [5, 5.41) is 3.52. The molecule has 5 nitrogen and oxygen atoms in total. The number of halogens is 1. The highest BCUT2D eigenvalue weighted by molar-refractivity contribution is 5.91. The maximum absolute atomic E-state index is 13.2.